The van der Waals surface area contributed by atoms with E-state index in [0.29, 0.717) is 35.7 Å². The first kappa shape index (κ1) is 22.7. The number of aryl methyl sites for hydroxylation is 1. The molecule has 1 fully saturated rings. The molecule has 7 nitrogen and oxygen atoms in total. The normalized spacial score (nSPS) is 15.9. The number of hydrogen-bond acceptors (Lipinski definition) is 7. The Hall–Kier alpha value is -3.10. The van der Waals surface area contributed by atoms with E-state index in [0.717, 1.165) is 35.2 Å². The molecule has 0 radical (unpaired) electrons. The monoisotopic (exact) mass is 476 g/mol. The molecule has 1 aliphatic heterocycles. The number of hydrogen-bond donors (Lipinski definition) is 0. The van der Waals surface area contributed by atoms with Crippen LogP contribution >= 0.6 is 11.3 Å². The van der Waals surface area contributed by atoms with E-state index in [1.807, 2.05) is 36.4 Å². The molecule has 176 valence electrons. The summed E-state index contributed by atoms with van der Waals surface area (Å²) in [5.74, 6) is 1.45. The molecule has 0 bridgehead atoms. The van der Waals surface area contributed by atoms with Gasteiger partial charge in [-0.15, -0.1) is 0 Å². The Bertz CT molecular complexity index is 1230. The topological polar surface area (TPSA) is 81.4 Å². The minimum Gasteiger partial charge on any atom is -0.376 e. The van der Waals surface area contributed by atoms with Crippen LogP contribution in [-0.4, -0.2) is 40.3 Å². The van der Waals surface area contributed by atoms with Gasteiger partial charge in [0.2, 0.25) is 17.6 Å². The maximum absolute atomic E-state index is 13.3. The first-order chi connectivity index (χ1) is 16.6. The standard InChI is InChI=1S/C26H28N4O3S/c1-17(2)18-9-11-19(12-10-18)25-28-23(33-29-25)13-14-24(31)30(16-20-6-5-15-32-20)26-27-21-7-3-4-8-22(21)34-26/h3-4,7-12,17,20H,5-6,13-16H2,1-2H3. The molecule has 34 heavy (non-hydrogen) atoms. The summed E-state index contributed by atoms with van der Waals surface area (Å²) in [6.07, 6.45) is 2.66. The first-order valence-electron chi connectivity index (χ1n) is 11.8. The summed E-state index contributed by atoms with van der Waals surface area (Å²) in [4.78, 5) is 24.3. The number of fused-ring (bicyclic) bond motifs is 1. The molecule has 1 atom stereocenters. The van der Waals surface area contributed by atoms with E-state index in [1.54, 1.807) is 4.90 Å². The lowest BCUT2D eigenvalue weighted by molar-refractivity contribution is -0.119. The average Bonchev–Trinajstić information content (AvgIpc) is 3.61. The van der Waals surface area contributed by atoms with Crippen molar-refractivity contribution in [3.63, 3.8) is 0 Å². The van der Waals surface area contributed by atoms with E-state index in [1.165, 1.54) is 16.9 Å². The highest BCUT2D eigenvalue weighted by Crippen LogP contribution is 2.30. The number of anilines is 1. The van der Waals surface area contributed by atoms with E-state index in [-0.39, 0.29) is 18.4 Å². The SMILES string of the molecule is CC(C)c1ccc(-c2noc(CCC(=O)N(CC3CCCO3)c3nc4ccccc4s3)n2)cc1. The molecule has 5 rings (SSSR count). The molecule has 0 saturated carbocycles. The van der Waals surface area contributed by atoms with E-state index in [2.05, 4.69) is 36.1 Å². The van der Waals surface area contributed by atoms with E-state index in [4.69, 9.17) is 14.2 Å². The number of para-hydroxylation sites is 1. The lowest BCUT2D eigenvalue weighted by atomic mass is 10.0. The van der Waals surface area contributed by atoms with Crippen molar-refractivity contribution in [1.29, 1.82) is 0 Å². The average molecular weight is 477 g/mol. The summed E-state index contributed by atoms with van der Waals surface area (Å²) in [5.41, 5.74) is 3.07. The Morgan fingerprint density at radius 2 is 1.97 bits per heavy atom. The van der Waals surface area contributed by atoms with Gasteiger partial charge in [0.15, 0.2) is 5.13 Å². The quantitative estimate of drug-likeness (QED) is 0.329. The molecule has 1 amide bonds. The number of amides is 1. The molecule has 1 aliphatic rings. The minimum absolute atomic E-state index is 0.0180. The predicted octanol–water partition coefficient (Wildman–Crippen LogP) is 5.61. The van der Waals surface area contributed by atoms with E-state index >= 15 is 0 Å². The van der Waals surface area contributed by atoms with Gasteiger partial charge in [-0.1, -0.05) is 66.7 Å². The van der Waals surface area contributed by atoms with Gasteiger partial charge >= 0.3 is 0 Å². The van der Waals surface area contributed by atoms with Gasteiger partial charge in [-0.2, -0.15) is 4.98 Å². The van der Waals surface area contributed by atoms with Crippen LogP contribution in [0.25, 0.3) is 21.6 Å². The van der Waals surface area contributed by atoms with E-state index < -0.39 is 0 Å². The third-order valence-corrected chi connectivity index (χ3v) is 7.14. The van der Waals surface area contributed by atoms with Gasteiger partial charge < -0.3 is 9.26 Å². The molecule has 2 aromatic carbocycles. The fourth-order valence-electron chi connectivity index (χ4n) is 4.09. The van der Waals surface area contributed by atoms with Gasteiger partial charge in [0.25, 0.3) is 0 Å². The Kier molecular flexibility index (Phi) is 6.69. The Morgan fingerprint density at radius 1 is 1.15 bits per heavy atom. The number of thiazole rings is 1. The Labute approximate surface area is 202 Å². The smallest absolute Gasteiger partial charge is 0.229 e. The summed E-state index contributed by atoms with van der Waals surface area (Å²) in [6, 6.07) is 16.1. The highest BCUT2D eigenvalue weighted by atomic mass is 32.1. The summed E-state index contributed by atoms with van der Waals surface area (Å²) in [7, 11) is 0. The molecule has 3 heterocycles. The van der Waals surface area contributed by atoms with Crippen LogP contribution in [0.4, 0.5) is 5.13 Å². The third-order valence-electron chi connectivity index (χ3n) is 6.08. The third kappa shape index (κ3) is 5.03. The number of benzene rings is 2. The van der Waals surface area contributed by atoms with Crippen molar-refractivity contribution in [3.05, 3.63) is 60.0 Å². The van der Waals surface area contributed by atoms with Crippen molar-refractivity contribution < 1.29 is 14.1 Å². The van der Waals surface area contributed by atoms with Gasteiger partial charge in [-0.05, 0) is 36.5 Å². The highest BCUT2D eigenvalue weighted by molar-refractivity contribution is 7.22. The second-order valence-electron chi connectivity index (χ2n) is 8.89. The zero-order chi connectivity index (χ0) is 23.5. The lowest BCUT2D eigenvalue weighted by Gasteiger charge is -2.22. The van der Waals surface area contributed by atoms with Gasteiger partial charge in [0, 0.05) is 25.0 Å². The maximum Gasteiger partial charge on any atom is 0.229 e. The zero-order valence-electron chi connectivity index (χ0n) is 19.4. The highest BCUT2D eigenvalue weighted by Gasteiger charge is 2.26. The fraction of sp³-hybridized carbons (Fsp3) is 0.385. The second kappa shape index (κ2) is 10.0. The number of carbonyl (C=O) groups excluding carboxylic acids is 1. The van der Waals surface area contributed by atoms with Crippen LogP contribution in [0.15, 0.2) is 53.1 Å². The molecule has 0 spiro atoms. The van der Waals surface area contributed by atoms with Crippen molar-refractivity contribution in [2.75, 3.05) is 18.1 Å². The summed E-state index contributed by atoms with van der Waals surface area (Å²) in [5, 5.41) is 4.82. The fourth-order valence-corrected chi connectivity index (χ4v) is 5.09. The second-order valence-corrected chi connectivity index (χ2v) is 9.90. The Morgan fingerprint density at radius 3 is 2.71 bits per heavy atom. The van der Waals surface area contributed by atoms with Crippen molar-refractivity contribution in [3.8, 4) is 11.4 Å². The van der Waals surface area contributed by atoms with Gasteiger partial charge in [-0.3, -0.25) is 9.69 Å². The van der Waals surface area contributed by atoms with Gasteiger partial charge in [0.05, 0.1) is 22.9 Å². The molecular formula is C26H28N4O3S. The number of rotatable bonds is 8. The number of nitrogens with zero attached hydrogens (tertiary/aromatic N) is 4. The molecule has 8 heteroatoms. The molecule has 1 saturated heterocycles. The van der Waals surface area contributed by atoms with E-state index in [9.17, 15) is 4.79 Å². The van der Waals surface area contributed by atoms with Crippen LogP contribution in [-0.2, 0) is 16.0 Å². The number of carbonyl (C=O) groups is 1. The largest absolute Gasteiger partial charge is 0.376 e. The number of ether oxygens (including phenoxy) is 1. The van der Waals surface area contributed by atoms with Crippen molar-refractivity contribution in [2.24, 2.45) is 0 Å². The molecule has 4 aromatic rings. The maximum atomic E-state index is 13.3. The van der Waals surface area contributed by atoms with Crippen LogP contribution in [0.1, 0.15) is 50.5 Å². The van der Waals surface area contributed by atoms with Crippen molar-refractivity contribution in [1.82, 2.24) is 15.1 Å². The van der Waals surface area contributed by atoms with Crippen molar-refractivity contribution >= 4 is 32.6 Å². The van der Waals surface area contributed by atoms with Crippen molar-refractivity contribution in [2.45, 2.75) is 51.6 Å². The minimum atomic E-state index is -0.0180. The van der Waals surface area contributed by atoms with Crippen LogP contribution in [0, 0.1) is 0 Å². The summed E-state index contributed by atoms with van der Waals surface area (Å²) in [6.45, 7) is 5.58. The molecule has 1 unspecified atom stereocenters. The summed E-state index contributed by atoms with van der Waals surface area (Å²) < 4.78 is 12.3. The van der Waals surface area contributed by atoms with Gasteiger partial charge in [-0.25, -0.2) is 4.98 Å². The first-order valence-corrected chi connectivity index (χ1v) is 12.6. The van der Waals surface area contributed by atoms with Gasteiger partial charge in [0.1, 0.15) is 0 Å². The van der Waals surface area contributed by atoms with Crippen LogP contribution in [0.3, 0.4) is 0 Å². The summed E-state index contributed by atoms with van der Waals surface area (Å²) >= 11 is 1.53. The molecule has 2 aromatic heterocycles. The lowest BCUT2D eigenvalue weighted by Crippen LogP contribution is -2.37. The molecule has 0 N–H and O–H groups in total. The van der Waals surface area contributed by atoms with Crippen LogP contribution in [0.2, 0.25) is 0 Å². The molecule has 0 aliphatic carbocycles. The van der Waals surface area contributed by atoms with Crippen LogP contribution in [0.5, 0.6) is 0 Å². The van der Waals surface area contributed by atoms with Crippen LogP contribution < -0.4 is 4.90 Å². The number of aromatic nitrogens is 3. The molecular weight excluding hydrogens is 448 g/mol. The zero-order valence-corrected chi connectivity index (χ0v) is 20.3. The Balaban J connectivity index is 1.28. The predicted molar refractivity (Wildman–Crippen MR) is 133 cm³/mol.